The summed E-state index contributed by atoms with van der Waals surface area (Å²) in [5, 5.41) is 8.41. The molecule has 0 aliphatic heterocycles. The smallest absolute Gasteiger partial charge is 0.119 e. The first-order valence-corrected chi connectivity index (χ1v) is 5.85. The first kappa shape index (κ1) is 13.3. The van der Waals surface area contributed by atoms with Crippen LogP contribution in [0.2, 0.25) is 0 Å². The number of aliphatic hydroxyl groups is 1. The van der Waals surface area contributed by atoms with E-state index in [9.17, 15) is 0 Å². The zero-order chi connectivity index (χ0) is 12.2. The van der Waals surface area contributed by atoms with Crippen LogP contribution >= 0.6 is 11.6 Å². The van der Waals surface area contributed by atoms with Crippen molar-refractivity contribution in [1.82, 2.24) is 0 Å². The summed E-state index contributed by atoms with van der Waals surface area (Å²) < 4.78 is 5.43. The van der Waals surface area contributed by atoms with Crippen molar-refractivity contribution in [3.05, 3.63) is 29.8 Å². The summed E-state index contributed by atoms with van der Waals surface area (Å²) in [7, 11) is 0. The highest BCUT2D eigenvalue weighted by Crippen LogP contribution is 2.24. The van der Waals surface area contributed by atoms with Crippen LogP contribution in [0.15, 0.2) is 24.3 Å². The largest absolute Gasteiger partial charge is 0.492 e. The molecule has 0 spiro atoms. The van der Waals surface area contributed by atoms with Gasteiger partial charge in [0.25, 0.3) is 0 Å². The normalized spacial score (nSPS) is 13.6. The Bertz CT molecular complexity index is 314. The Hall–Kier alpha value is -0.730. The lowest BCUT2D eigenvalue weighted by atomic mass is 9.87. The molecule has 0 fully saturated rings. The lowest BCUT2D eigenvalue weighted by molar-refractivity contribution is 0.238. The van der Waals surface area contributed by atoms with E-state index in [4.69, 9.17) is 21.4 Å². The van der Waals surface area contributed by atoms with Gasteiger partial charge in [0.05, 0.1) is 12.0 Å². The highest BCUT2D eigenvalue weighted by molar-refractivity contribution is 6.20. The van der Waals surface area contributed by atoms with Crippen LogP contribution in [0.4, 0.5) is 0 Å². The monoisotopic (exact) mass is 242 g/mol. The van der Waals surface area contributed by atoms with Gasteiger partial charge in [-0.05, 0) is 23.1 Å². The van der Waals surface area contributed by atoms with Crippen molar-refractivity contribution in [3.8, 4) is 5.75 Å². The van der Waals surface area contributed by atoms with E-state index in [-0.39, 0.29) is 17.4 Å². The zero-order valence-electron chi connectivity index (χ0n) is 10.0. The van der Waals surface area contributed by atoms with Crippen LogP contribution in [-0.2, 0) is 5.41 Å². The number of hydrogen-bond acceptors (Lipinski definition) is 2. The molecule has 1 aromatic rings. The molecular weight excluding hydrogens is 224 g/mol. The fourth-order valence-corrected chi connectivity index (χ4v) is 1.35. The number of ether oxygens (including phenoxy) is 1. The second-order valence-corrected chi connectivity index (χ2v) is 5.48. The van der Waals surface area contributed by atoms with E-state index >= 15 is 0 Å². The minimum absolute atomic E-state index is 0.0678. The third-order valence-corrected chi connectivity index (χ3v) is 2.61. The summed E-state index contributed by atoms with van der Waals surface area (Å²) in [4.78, 5) is 0. The SMILES string of the molecule is CC(C)(C)c1ccc(OCC(Cl)CO)cc1. The standard InChI is InChI=1S/C13H19ClO2/c1-13(2,3)10-4-6-12(7-5-10)16-9-11(14)8-15/h4-7,11,15H,8-9H2,1-3H3. The van der Waals surface area contributed by atoms with Crippen LogP contribution in [0.5, 0.6) is 5.75 Å². The maximum Gasteiger partial charge on any atom is 0.119 e. The van der Waals surface area contributed by atoms with Gasteiger partial charge >= 0.3 is 0 Å². The number of benzene rings is 1. The fraction of sp³-hybridized carbons (Fsp3) is 0.538. The summed E-state index contributed by atoms with van der Waals surface area (Å²) in [5.41, 5.74) is 1.42. The molecule has 0 amide bonds. The first-order valence-electron chi connectivity index (χ1n) is 5.42. The fourth-order valence-electron chi connectivity index (χ4n) is 1.29. The molecule has 0 saturated carbocycles. The van der Waals surface area contributed by atoms with E-state index in [1.165, 1.54) is 5.56 Å². The van der Waals surface area contributed by atoms with Crippen molar-refractivity contribution < 1.29 is 9.84 Å². The Balaban J connectivity index is 2.58. The van der Waals surface area contributed by atoms with Crippen LogP contribution in [0.25, 0.3) is 0 Å². The van der Waals surface area contributed by atoms with E-state index in [2.05, 4.69) is 32.9 Å². The molecule has 1 rings (SSSR count). The molecule has 90 valence electrons. The third kappa shape index (κ3) is 4.03. The Morgan fingerprint density at radius 2 is 1.81 bits per heavy atom. The summed E-state index contributed by atoms with van der Waals surface area (Å²) in [5.74, 6) is 0.784. The van der Waals surface area contributed by atoms with Gasteiger partial charge in [-0.3, -0.25) is 0 Å². The van der Waals surface area contributed by atoms with Crippen molar-refractivity contribution in [2.45, 2.75) is 31.6 Å². The maximum absolute atomic E-state index is 8.75. The first-order chi connectivity index (χ1) is 7.43. The molecule has 0 aliphatic carbocycles. The van der Waals surface area contributed by atoms with Gasteiger partial charge in [-0.1, -0.05) is 32.9 Å². The van der Waals surface area contributed by atoms with Gasteiger partial charge < -0.3 is 9.84 Å². The second-order valence-electron chi connectivity index (χ2n) is 4.87. The number of alkyl halides is 1. The van der Waals surface area contributed by atoms with E-state index in [0.717, 1.165) is 5.75 Å². The molecular formula is C13H19ClO2. The molecule has 3 heteroatoms. The predicted molar refractivity (Wildman–Crippen MR) is 67.4 cm³/mol. The topological polar surface area (TPSA) is 29.5 Å². The van der Waals surface area contributed by atoms with Crippen LogP contribution in [0.3, 0.4) is 0 Å². The van der Waals surface area contributed by atoms with Gasteiger partial charge in [0.1, 0.15) is 12.4 Å². The number of aliphatic hydroxyl groups excluding tert-OH is 1. The molecule has 1 N–H and O–H groups in total. The molecule has 0 saturated heterocycles. The molecule has 2 nitrogen and oxygen atoms in total. The average molecular weight is 243 g/mol. The van der Waals surface area contributed by atoms with Gasteiger partial charge in [-0.25, -0.2) is 0 Å². The molecule has 0 aromatic heterocycles. The van der Waals surface area contributed by atoms with E-state index in [1.807, 2.05) is 12.1 Å². The van der Waals surface area contributed by atoms with Gasteiger partial charge in [0.2, 0.25) is 0 Å². The van der Waals surface area contributed by atoms with Crippen molar-refractivity contribution >= 4 is 11.6 Å². The Labute approximate surface area is 102 Å². The maximum atomic E-state index is 8.75. The quantitative estimate of drug-likeness (QED) is 0.823. The van der Waals surface area contributed by atoms with Crippen molar-refractivity contribution in [1.29, 1.82) is 0 Å². The van der Waals surface area contributed by atoms with E-state index in [1.54, 1.807) is 0 Å². The van der Waals surface area contributed by atoms with Gasteiger partial charge in [-0.15, -0.1) is 11.6 Å². The molecule has 16 heavy (non-hydrogen) atoms. The minimum atomic E-state index is -0.345. The minimum Gasteiger partial charge on any atom is -0.492 e. The van der Waals surface area contributed by atoms with Crippen LogP contribution in [0, 0.1) is 0 Å². The lowest BCUT2D eigenvalue weighted by Crippen LogP contribution is -2.15. The van der Waals surface area contributed by atoms with Gasteiger partial charge in [-0.2, -0.15) is 0 Å². The Morgan fingerprint density at radius 3 is 2.25 bits per heavy atom. The average Bonchev–Trinajstić information content (AvgIpc) is 2.25. The number of rotatable bonds is 4. The van der Waals surface area contributed by atoms with Gasteiger partial charge in [0, 0.05) is 0 Å². The second kappa shape index (κ2) is 5.55. The molecule has 0 radical (unpaired) electrons. The van der Waals surface area contributed by atoms with Crippen molar-refractivity contribution in [2.24, 2.45) is 0 Å². The number of hydrogen-bond donors (Lipinski definition) is 1. The highest BCUT2D eigenvalue weighted by atomic mass is 35.5. The van der Waals surface area contributed by atoms with Crippen molar-refractivity contribution in [3.63, 3.8) is 0 Å². The lowest BCUT2D eigenvalue weighted by Gasteiger charge is -2.19. The summed E-state index contributed by atoms with van der Waals surface area (Å²) >= 11 is 5.74. The van der Waals surface area contributed by atoms with Crippen molar-refractivity contribution in [2.75, 3.05) is 13.2 Å². The van der Waals surface area contributed by atoms with E-state index in [0.29, 0.717) is 6.61 Å². The summed E-state index contributed by atoms with van der Waals surface area (Å²) in [6, 6.07) is 7.97. The molecule has 0 heterocycles. The Kier molecular flexibility index (Phi) is 4.63. The molecule has 0 bridgehead atoms. The summed E-state index contributed by atoms with van der Waals surface area (Å²) in [6.07, 6.45) is 0. The molecule has 1 atom stereocenters. The van der Waals surface area contributed by atoms with E-state index < -0.39 is 0 Å². The van der Waals surface area contributed by atoms with Crippen LogP contribution in [-0.4, -0.2) is 23.7 Å². The number of halogens is 1. The Morgan fingerprint density at radius 1 is 1.25 bits per heavy atom. The third-order valence-electron chi connectivity index (χ3n) is 2.35. The van der Waals surface area contributed by atoms with Crippen LogP contribution in [0.1, 0.15) is 26.3 Å². The predicted octanol–water partition coefficient (Wildman–Crippen LogP) is 2.96. The molecule has 1 aromatic carbocycles. The van der Waals surface area contributed by atoms with Crippen LogP contribution < -0.4 is 4.74 Å². The zero-order valence-corrected chi connectivity index (χ0v) is 10.8. The highest BCUT2D eigenvalue weighted by Gasteiger charge is 2.13. The molecule has 1 unspecified atom stereocenters. The summed E-state index contributed by atoms with van der Waals surface area (Å²) in [6.45, 7) is 6.77. The van der Waals surface area contributed by atoms with Gasteiger partial charge in [0.15, 0.2) is 0 Å². The molecule has 0 aliphatic rings.